The largest absolute Gasteiger partial charge is 0.483 e. The van der Waals surface area contributed by atoms with Crippen molar-refractivity contribution in [3.63, 3.8) is 0 Å². The highest BCUT2D eigenvalue weighted by Crippen LogP contribution is 2.28. The van der Waals surface area contributed by atoms with E-state index in [1.54, 1.807) is 13.8 Å². The zero-order valence-corrected chi connectivity index (χ0v) is 21.9. The van der Waals surface area contributed by atoms with Crippen LogP contribution in [0.3, 0.4) is 0 Å². The molecule has 0 heterocycles. The van der Waals surface area contributed by atoms with Crippen LogP contribution in [0.2, 0.25) is 15.1 Å². The van der Waals surface area contributed by atoms with Crippen LogP contribution in [0.4, 0.5) is 10.1 Å². The minimum atomic E-state index is -0.824. The summed E-state index contributed by atoms with van der Waals surface area (Å²) in [7, 11) is 0. The molecule has 0 bridgehead atoms. The van der Waals surface area contributed by atoms with Crippen molar-refractivity contribution in [2.45, 2.75) is 19.4 Å². The zero-order chi connectivity index (χ0) is 27.3. The van der Waals surface area contributed by atoms with Gasteiger partial charge in [0, 0.05) is 21.7 Å². The second-order valence-electron chi connectivity index (χ2n) is 8.43. The first-order chi connectivity index (χ1) is 17.4. The summed E-state index contributed by atoms with van der Waals surface area (Å²) >= 11 is 18.3. The van der Waals surface area contributed by atoms with E-state index in [0.29, 0.717) is 0 Å². The molecule has 37 heavy (non-hydrogen) atoms. The van der Waals surface area contributed by atoms with Crippen LogP contribution in [-0.4, -0.2) is 23.8 Å². The third kappa shape index (κ3) is 7.69. The van der Waals surface area contributed by atoms with Gasteiger partial charge in [0.1, 0.15) is 11.6 Å². The van der Waals surface area contributed by atoms with Gasteiger partial charge in [0.15, 0.2) is 12.4 Å². The number of nitrogens with zero attached hydrogens (tertiary/aromatic N) is 1. The first-order valence-corrected chi connectivity index (χ1v) is 11.8. The van der Waals surface area contributed by atoms with Crippen molar-refractivity contribution in [2.24, 2.45) is 5.73 Å². The highest BCUT2D eigenvalue weighted by molar-refractivity contribution is 6.34. The van der Waals surface area contributed by atoms with Crippen LogP contribution in [-0.2, 0) is 4.79 Å². The monoisotopic (exact) mass is 557 g/mol. The van der Waals surface area contributed by atoms with Crippen LogP contribution in [0.5, 0.6) is 5.75 Å². The number of carbonyl (C=O) groups excluding carboxylic acids is 2. The Labute approximate surface area is 228 Å². The Morgan fingerprint density at radius 2 is 1.81 bits per heavy atom. The number of hydrogen-bond acceptors (Lipinski definition) is 5. The van der Waals surface area contributed by atoms with E-state index >= 15 is 0 Å². The number of amides is 1. The van der Waals surface area contributed by atoms with E-state index in [1.165, 1.54) is 42.5 Å². The van der Waals surface area contributed by atoms with E-state index in [0.717, 1.165) is 6.07 Å². The van der Waals surface area contributed by atoms with E-state index in [9.17, 15) is 14.0 Å². The Balaban J connectivity index is 1.78. The fourth-order valence-electron chi connectivity index (χ4n) is 3.04. The molecule has 0 radical (unpaired) electrons. The second-order valence-corrected chi connectivity index (χ2v) is 9.71. The molecule has 0 saturated heterocycles. The van der Waals surface area contributed by atoms with Gasteiger partial charge < -0.3 is 15.8 Å². The topological polar surface area (TPSA) is 105 Å². The van der Waals surface area contributed by atoms with E-state index in [1.807, 2.05) is 6.07 Å². The molecule has 188 valence electrons. The quantitative estimate of drug-likeness (QED) is 0.285. The normalized spacial score (nSPS) is 10.6. The maximum Gasteiger partial charge on any atom is 0.262 e. The van der Waals surface area contributed by atoms with Gasteiger partial charge in [-0.2, -0.15) is 5.26 Å². The highest BCUT2D eigenvalue weighted by Gasteiger charge is 2.19. The summed E-state index contributed by atoms with van der Waals surface area (Å²) in [5.74, 6) is 3.53. The Kier molecular flexibility index (Phi) is 8.81. The number of nitrogens with one attached hydrogen (secondary N) is 1. The smallest absolute Gasteiger partial charge is 0.262 e. The average molecular weight is 559 g/mol. The van der Waals surface area contributed by atoms with Gasteiger partial charge in [-0.05, 0) is 56.3 Å². The Hall–Kier alpha value is -3.59. The van der Waals surface area contributed by atoms with Crippen molar-refractivity contribution in [3.8, 4) is 23.7 Å². The van der Waals surface area contributed by atoms with Crippen LogP contribution in [0.25, 0.3) is 0 Å². The fraction of sp³-hybridized carbons (Fsp3) is 0.148. The number of nitrogens with two attached hydrogens (primary N) is 1. The highest BCUT2D eigenvalue weighted by atomic mass is 35.5. The molecule has 0 fully saturated rings. The van der Waals surface area contributed by atoms with Crippen molar-refractivity contribution >= 4 is 52.2 Å². The summed E-state index contributed by atoms with van der Waals surface area (Å²) in [6.07, 6.45) is 0. The number of halogens is 4. The third-order valence-electron chi connectivity index (χ3n) is 4.68. The SMILES string of the molecule is CC(C)(N)C#Cc1cc(Cl)c(NC(=O)COc2ccc(Cl)cc2C(=O)c2cc(Cl)cc(C#N)c2)cc1F. The molecule has 1 amide bonds. The summed E-state index contributed by atoms with van der Waals surface area (Å²) < 4.78 is 20.0. The number of benzene rings is 3. The maximum absolute atomic E-state index is 14.5. The summed E-state index contributed by atoms with van der Waals surface area (Å²) in [5, 5.41) is 12.1. The summed E-state index contributed by atoms with van der Waals surface area (Å²) in [6, 6.07) is 12.7. The van der Waals surface area contributed by atoms with Gasteiger partial charge in [-0.15, -0.1) is 0 Å². The van der Waals surface area contributed by atoms with Crippen molar-refractivity contribution in [2.75, 3.05) is 11.9 Å². The van der Waals surface area contributed by atoms with Gasteiger partial charge in [0.25, 0.3) is 5.91 Å². The maximum atomic E-state index is 14.5. The molecule has 6 nitrogen and oxygen atoms in total. The predicted molar refractivity (Wildman–Crippen MR) is 142 cm³/mol. The van der Waals surface area contributed by atoms with Gasteiger partial charge in [-0.3, -0.25) is 9.59 Å². The number of carbonyl (C=O) groups is 2. The molecule has 0 aromatic heterocycles. The molecule has 3 N–H and O–H groups in total. The van der Waals surface area contributed by atoms with Crippen molar-refractivity contribution in [1.29, 1.82) is 5.26 Å². The zero-order valence-electron chi connectivity index (χ0n) is 19.6. The van der Waals surface area contributed by atoms with Crippen LogP contribution >= 0.6 is 34.8 Å². The molecule has 0 saturated carbocycles. The van der Waals surface area contributed by atoms with E-state index in [-0.39, 0.29) is 48.8 Å². The number of ether oxygens (including phenoxy) is 1. The lowest BCUT2D eigenvalue weighted by molar-refractivity contribution is -0.118. The van der Waals surface area contributed by atoms with Gasteiger partial charge in [0.2, 0.25) is 0 Å². The van der Waals surface area contributed by atoms with Crippen LogP contribution in [0, 0.1) is 29.0 Å². The van der Waals surface area contributed by atoms with Gasteiger partial charge in [-0.1, -0.05) is 46.6 Å². The molecule has 0 aliphatic rings. The van der Waals surface area contributed by atoms with Crippen LogP contribution in [0.15, 0.2) is 48.5 Å². The summed E-state index contributed by atoms with van der Waals surface area (Å²) in [6.45, 7) is 2.82. The molecule has 0 aliphatic carbocycles. The third-order valence-corrected chi connectivity index (χ3v) is 5.45. The molecule has 0 spiro atoms. The molecular weight excluding hydrogens is 540 g/mol. The number of nitriles is 1. The Bertz CT molecular complexity index is 1500. The Morgan fingerprint density at radius 1 is 1.08 bits per heavy atom. The molecule has 0 unspecified atom stereocenters. The van der Waals surface area contributed by atoms with Gasteiger partial charge in [0.05, 0.1) is 39.0 Å². The van der Waals surface area contributed by atoms with Crippen molar-refractivity contribution in [3.05, 3.63) is 91.7 Å². The standard InChI is InChI=1S/C27H19Cl3FN3O3/c1-27(2,33)6-5-16-10-21(30)23(12-22(16)31)34-25(35)14-37-24-4-3-18(28)11-20(24)26(36)17-7-15(13-32)8-19(29)9-17/h3-4,7-12H,14,33H2,1-2H3,(H,34,35). The number of rotatable bonds is 6. The van der Waals surface area contributed by atoms with Crippen molar-refractivity contribution < 1.29 is 18.7 Å². The fourth-order valence-corrected chi connectivity index (χ4v) is 3.66. The number of ketones is 1. The average Bonchev–Trinajstić information content (AvgIpc) is 2.83. The first-order valence-electron chi connectivity index (χ1n) is 10.6. The summed E-state index contributed by atoms with van der Waals surface area (Å²) in [4.78, 5) is 25.6. The lowest BCUT2D eigenvalue weighted by Crippen LogP contribution is -2.29. The number of hydrogen-bond donors (Lipinski definition) is 2. The molecule has 0 aliphatic heterocycles. The van der Waals surface area contributed by atoms with E-state index in [4.69, 9.17) is 50.5 Å². The van der Waals surface area contributed by atoms with Gasteiger partial charge in [-0.25, -0.2) is 4.39 Å². The molecule has 10 heteroatoms. The van der Waals surface area contributed by atoms with Crippen LogP contribution < -0.4 is 15.8 Å². The van der Waals surface area contributed by atoms with Crippen molar-refractivity contribution in [1.82, 2.24) is 0 Å². The molecule has 3 rings (SSSR count). The van der Waals surface area contributed by atoms with E-state index < -0.39 is 29.7 Å². The lowest BCUT2D eigenvalue weighted by atomic mass is 10.0. The second kappa shape index (κ2) is 11.6. The minimum Gasteiger partial charge on any atom is -0.483 e. The van der Waals surface area contributed by atoms with Crippen LogP contribution in [0.1, 0.15) is 40.9 Å². The Morgan fingerprint density at radius 3 is 2.49 bits per heavy atom. The lowest BCUT2D eigenvalue weighted by Gasteiger charge is -2.13. The molecule has 3 aromatic carbocycles. The predicted octanol–water partition coefficient (Wildman–Crippen LogP) is 5.99. The molecular formula is C27H19Cl3FN3O3. The molecule has 3 aromatic rings. The molecule has 0 atom stereocenters. The van der Waals surface area contributed by atoms with E-state index in [2.05, 4.69) is 17.2 Å². The van der Waals surface area contributed by atoms with Gasteiger partial charge >= 0.3 is 0 Å². The minimum absolute atomic E-state index is 0.0145. The first kappa shape index (κ1) is 28.0. The summed E-state index contributed by atoms with van der Waals surface area (Å²) in [5.41, 5.74) is 5.41. The number of anilines is 1.